The Bertz CT molecular complexity index is 982. The maximum atomic E-state index is 14.4. The van der Waals surface area contributed by atoms with E-state index >= 15 is 0 Å². The summed E-state index contributed by atoms with van der Waals surface area (Å²) in [6, 6.07) is 17.1. The third-order valence-corrected chi connectivity index (χ3v) is 4.26. The van der Waals surface area contributed by atoms with E-state index in [4.69, 9.17) is 10.2 Å². The van der Waals surface area contributed by atoms with Gasteiger partial charge in [0.25, 0.3) is 5.91 Å². The molecule has 2 aromatic carbocycles. The molecule has 1 atom stereocenters. The van der Waals surface area contributed by atoms with Crippen molar-refractivity contribution in [1.29, 1.82) is 0 Å². The highest BCUT2D eigenvalue weighted by Crippen LogP contribution is 2.29. The van der Waals surface area contributed by atoms with Crippen LogP contribution < -0.4 is 10.6 Å². The molecule has 2 heterocycles. The van der Waals surface area contributed by atoms with E-state index in [0.29, 0.717) is 28.3 Å². The van der Waals surface area contributed by atoms with E-state index in [1.54, 1.807) is 48.7 Å². The van der Waals surface area contributed by atoms with Crippen LogP contribution in [0, 0.1) is 5.82 Å². The minimum absolute atomic E-state index is 0.219. The van der Waals surface area contributed by atoms with Gasteiger partial charge in [0.1, 0.15) is 11.6 Å². The maximum absolute atomic E-state index is 14.4. The van der Waals surface area contributed by atoms with Crippen molar-refractivity contribution in [3.63, 3.8) is 0 Å². The van der Waals surface area contributed by atoms with Gasteiger partial charge in [-0.05, 0) is 30.3 Å². The van der Waals surface area contributed by atoms with E-state index in [-0.39, 0.29) is 12.5 Å². The van der Waals surface area contributed by atoms with Crippen LogP contribution in [-0.2, 0) is 11.3 Å². The quantitative estimate of drug-likeness (QED) is 0.790. The average Bonchev–Trinajstić information content (AvgIpc) is 3.14. The van der Waals surface area contributed by atoms with E-state index in [1.807, 2.05) is 12.1 Å². The standard InChI is InChI=1S/C20H16FN3O2/c21-16-9-3-1-7-14(16)18-15-8-2-4-10-17(15)24(20(25)19(22)23-18)12-13-6-5-11-26-13/h1-11,19H,12,22H2/t19-/m0/s1. The van der Waals surface area contributed by atoms with E-state index in [9.17, 15) is 9.18 Å². The molecule has 0 bridgehead atoms. The Balaban J connectivity index is 1.88. The van der Waals surface area contributed by atoms with Crippen molar-refractivity contribution in [1.82, 2.24) is 0 Å². The minimum atomic E-state index is -1.13. The number of carbonyl (C=O) groups excluding carboxylic acids is 1. The molecule has 1 aliphatic heterocycles. The first-order chi connectivity index (χ1) is 12.6. The van der Waals surface area contributed by atoms with Crippen molar-refractivity contribution in [3.05, 3.63) is 89.6 Å². The number of halogens is 1. The molecule has 0 radical (unpaired) electrons. The molecule has 0 saturated heterocycles. The lowest BCUT2D eigenvalue weighted by Crippen LogP contribution is -2.41. The van der Waals surface area contributed by atoms with Gasteiger partial charge < -0.3 is 15.1 Å². The number of furan rings is 1. The molecule has 3 aromatic rings. The van der Waals surface area contributed by atoms with Crippen LogP contribution in [-0.4, -0.2) is 17.8 Å². The molecular formula is C20H16FN3O2. The zero-order valence-corrected chi connectivity index (χ0v) is 13.8. The van der Waals surface area contributed by atoms with E-state index in [2.05, 4.69) is 4.99 Å². The monoisotopic (exact) mass is 349 g/mol. The van der Waals surface area contributed by atoms with Gasteiger partial charge in [-0.3, -0.25) is 9.79 Å². The van der Waals surface area contributed by atoms with Crippen molar-refractivity contribution >= 4 is 17.3 Å². The number of carbonyl (C=O) groups is 1. The zero-order chi connectivity index (χ0) is 18.1. The predicted octanol–water partition coefficient (Wildman–Crippen LogP) is 3.09. The molecule has 4 rings (SSSR count). The SMILES string of the molecule is N[C@H]1N=C(c2ccccc2F)c2ccccc2N(Cc2ccco2)C1=O. The van der Waals surface area contributed by atoms with Crippen molar-refractivity contribution in [2.24, 2.45) is 10.7 Å². The summed E-state index contributed by atoms with van der Waals surface area (Å²) in [4.78, 5) is 18.7. The average molecular weight is 349 g/mol. The number of benzodiazepines with no additional fused rings is 1. The molecule has 6 heteroatoms. The molecule has 26 heavy (non-hydrogen) atoms. The first-order valence-electron chi connectivity index (χ1n) is 8.16. The molecule has 130 valence electrons. The lowest BCUT2D eigenvalue weighted by Gasteiger charge is -2.23. The highest BCUT2D eigenvalue weighted by Gasteiger charge is 2.31. The fourth-order valence-electron chi connectivity index (χ4n) is 3.04. The van der Waals surface area contributed by atoms with Crippen LogP contribution in [0.3, 0.4) is 0 Å². The van der Waals surface area contributed by atoms with Gasteiger partial charge in [-0.1, -0.05) is 30.3 Å². The van der Waals surface area contributed by atoms with Gasteiger partial charge in [-0.25, -0.2) is 4.39 Å². The number of para-hydroxylation sites is 1. The molecule has 5 nitrogen and oxygen atoms in total. The Labute approximate surface area is 149 Å². The van der Waals surface area contributed by atoms with E-state index in [1.165, 1.54) is 11.0 Å². The van der Waals surface area contributed by atoms with Crippen molar-refractivity contribution in [2.45, 2.75) is 12.7 Å². The first-order valence-corrected chi connectivity index (χ1v) is 8.16. The Morgan fingerprint density at radius 2 is 1.77 bits per heavy atom. The van der Waals surface area contributed by atoms with Gasteiger partial charge in [0, 0.05) is 11.1 Å². The number of rotatable bonds is 3. The zero-order valence-electron chi connectivity index (χ0n) is 13.8. The number of nitrogens with two attached hydrogens (primary N) is 1. The summed E-state index contributed by atoms with van der Waals surface area (Å²) >= 11 is 0. The number of nitrogens with zero attached hydrogens (tertiary/aromatic N) is 2. The minimum Gasteiger partial charge on any atom is -0.467 e. The van der Waals surface area contributed by atoms with Gasteiger partial charge in [0.05, 0.1) is 24.2 Å². The fourth-order valence-corrected chi connectivity index (χ4v) is 3.04. The molecule has 2 N–H and O–H groups in total. The largest absolute Gasteiger partial charge is 0.467 e. The van der Waals surface area contributed by atoms with Crippen molar-refractivity contribution in [3.8, 4) is 0 Å². The Kier molecular flexibility index (Phi) is 4.10. The second-order valence-electron chi connectivity index (χ2n) is 5.92. The third-order valence-electron chi connectivity index (χ3n) is 4.26. The highest BCUT2D eigenvalue weighted by atomic mass is 19.1. The summed E-state index contributed by atoms with van der Waals surface area (Å²) in [7, 11) is 0. The van der Waals surface area contributed by atoms with Gasteiger partial charge in [-0.2, -0.15) is 0 Å². The predicted molar refractivity (Wildman–Crippen MR) is 96.4 cm³/mol. The van der Waals surface area contributed by atoms with Crippen LogP contribution in [0.1, 0.15) is 16.9 Å². The van der Waals surface area contributed by atoms with Crippen LogP contribution in [0.25, 0.3) is 0 Å². The van der Waals surface area contributed by atoms with Crippen LogP contribution in [0.15, 0.2) is 76.3 Å². The third kappa shape index (κ3) is 2.80. The summed E-state index contributed by atoms with van der Waals surface area (Å²) < 4.78 is 19.8. The summed E-state index contributed by atoms with van der Waals surface area (Å²) in [6.45, 7) is 0.219. The fraction of sp³-hybridized carbons (Fsp3) is 0.100. The van der Waals surface area contributed by atoms with Crippen LogP contribution in [0.5, 0.6) is 0 Å². The molecule has 0 fully saturated rings. The van der Waals surface area contributed by atoms with Gasteiger partial charge >= 0.3 is 0 Å². The summed E-state index contributed by atoms with van der Waals surface area (Å²) in [5.41, 5.74) is 7.95. The number of fused-ring (bicyclic) bond motifs is 1. The highest BCUT2D eigenvalue weighted by molar-refractivity contribution is 6.20. The molecule has 0 saturated carbocycles. The molecule has 1 aromatic heterocycles. The number of anilines is 1. The van der Waals surface area contributed by atoms with Crippen molar-refractivity contribution in [2.75, 3.05) is 4.90 Å². The Hall–Kier alpha value is -3.25. The number of aliphatic imine (C=N–C) groups is 1. The summed E-state index contributed by atoms with van der Waals surface area (Å²) in [6.07, 6.45) is 0.414. The number of amides is 1. The van der Waals surface area contributed by atoms with E-state index < -0.39 is 12.0 Å². The first kappa shape index (κ1) is 16.2. The summed E-state index contributed by atoms with van der Waals surface area (Å²) in [5, 5.41) is 0. The van der Waals surface area contributed by atoms with E-state index in [0.717, 1.165) is 0 Å². The lowest BCUT2D eigenvalue weighted by molar-refractivity contribution is -0.119. The van der Waals surface area contributed by atoms with Gasteiger partial charge in [-0.15, -0.1) is 0 Å². The Morgan fingerprint density at radius 1 is 1.04 bits per heavy atom. The second-order valence-corrected chi connectivity index (χ2v) is 5.92. The molecule has 0 unspecified atom stereocenters. The lowest BCUT2D eigenvalue weighted by atomic mass is 9.99. The summed E-state index contributed by atoms with van der Waals surface area (Å²) in [5.74, 6) is -0.171. The molecule has 1 amide bonds. The molecule has 1 aliphatic rings. The number of benzene rings is 2. The van der Waals surface area contributed by atoms with Crippen LogP contribution >= 0.6 is 0 Å². The normalized spacial score (nSPS) is 16.8. The number of hydrogen-bond donors (Lipinski definition) is 1. The van der Waals surface area contributed by atoms with Gasteiger partial charge in [0.15, 0.2) is 6.17 Å². The second kappa shape index (κ2) is 6.57. The van der Waals surface area contributed by atoms with Crippen LogP contribution in [0.2, 0.25) is 0 Å². The topological polar surface area (TPSA) is 71.8 Å². The van der Waals surface area contributed by atoms with Crippen molar-refractivity contribution < 1.29 is 13.6 Å². The van der Waals surface area contributed by atoms with Crippen LogP contribution in [0.4, 0.5) is 10.1 Å². The molecule has 0 aliphatic carbocycles. The molecule has 0 spiro atoms. The maximum Gasteiger partial charge on any atom is 0.266 e. The Morgan fingerprint density at radius 3 is 2.50 bits per heavy atom. The smallest absolute Gasteiger partial charge is 0.266 e. The molecular weight excluding hydrogens is 333 g/mol. The van der Waals surface area contributed by atoms with Gasteiger partial charge in [0.2, 0.25) is 0 Å². The number of hydrogen-bond acceptors (Lipinski definition) is 4.